The maximum atomic E-state index is 13.6. The number of ether oxygens (including phenoxy) is 1. The molecule has 2 aliphatic rings. The van der Waals surface area contributed by atoms with E-state index in [9.17, 15) is 9.59 Å². The van der Waals surface area contributed by atoms with E-state index in [4.69, 9.17) is 9.15 Å². The Morgan fingerprint density at radius 1 is 1.13 bits per heavy atom. The van der Waals surface area contributed by atoms with E-state index in [2.05, 4.69) is 52.5 Å². The van der Waals surface area contributed by atoms with Crippen LogP contribution in [0.3, 0.4) is 0 Å². The third-order valence-corrected chi connectivity index (χ3v) is 7.54. The van der Waals surface area contributed by atoms with Crippen molar-refractivity contribution in [3.8, 4) is 5.75 Å². The van der Waals surface area contributed by atoms with Crippen molar-refractivity contribution < 1.29 is 18.7 Å². The van der Waals surface area contributed by atoms with Gasteiger partial charge in [0.2, 0.25) is 11.8 Å². The number of aromatic nitrogens is 1. The average Bonchev–Trinajstić information content (AvgIpc) is 3.63. The van der Waals surface area contributed by atoms with Gasteiger partial charge in [-0.2, -0.15) is 0 Å². The van der Waals surface area contributed by atoms with Crippen LogP contribution in [0, 0.1) is 18.8 Å². The van der Waals surface area contributed by atoms with E-state index in [1.54, 1.807) is 0 Å². The van der Waals surface area contributed by atoms with Crippen molar-refractivity contribution in [1.82, 2.24) is 15.2 Å². The molecule has 0 unspecified atom stereocenters. The Morgan fingerprint density at radius 3 is 2.63 bits per heavy atom. The van der Waals surface area contributed by atoms with Crippen LogP contribution >= 0.6 is 0 Å². The Morgan fingerprint density at radius 2 is 1.89 bits per heavy atom. The number of carbonyl (C=O) groups excluding carboxylic acids is 2. The molecule has 1 N–H and O–H groups in total. The van der Waals surface area contributed by atoms with Crippen molar-refractivity contribution in [2.24, 2.45) is 11.8 Å². The highest BCUT2D eigenvalue weighted by Gasteiger charge is 2.36. The largest absolute Gasteiger partial charge is 0.484 e. The van der Waals surface area contributed by atoms with E-state index in [0.29, 0.717) is 24.1 Å². The minimum Gasteiger partial charge on any atom is -0.484 e. The molecule has 1 aliphatic heterocycles. The summed E-state index contributed by atoms with van der Waals surface area (Å²) in [5, 5.41) is 2.84. The summed E-state index contributed by atoms with van der Waals surface area (Å²) in [5.41, 5.74) is 4.89. The fourth-order valence-corrected chi connectivity index (χ4v) is 5.45. The van der Waals surface area contributed by atoms with Crippen LogP contribution in [0.15, 0.2) is 53.1 Å². The van der Waals surface area contributed by atoms with Gasteiger partial charge in [-0.25, -0.2) is 4.98 Å². The minimum absolute atomic E-state index is 0.107. The van der Waals surface area contributed by atoms with Crippen LogP contribution < -0.4 is 10.1 Å². The Kier molecular flexibility index (Phi) is 7.82. The summed E-state index contributed by atoms with van der Waals surface area (Å²) in [6.45, 7) is 7.56. The van der Waals surface area contributed by atoms with Crippen molar-refractivity contribution in [3.63, 3.8) is 0 Å². The Hall–Kier alpha value is -3.61. The molecule has 2 heterocycles. The van der Waals surface area contributed by atoms with Gasteiger partial charge >= 0.3 is 0 Å². The van der Waals surface area contributed by atoms with Crippen LogP contribution in [0.4, 0.5) is 0 Å². The number of oxazole rings is 1. The van der Waals surface area contributed by atoms with Crippen LogP contribution in [0.5, 0.6) is 5.75 Å². The molecule has 2 aromatic carbocycles. The molecule has 7 heteroatoms. The number of fused-ring (bicyclic) bond motifs is 1. The normalized spacial score (nSPS) is 17.5. The maximum absolute atomic E-state index is 13.6. The predicted octanol–water partition coefficient (Wildman–Crippen LogP) is 5.61. The first-order valence-corrected chi connectivity index (χ1v) is 13.7. The lowest BCUT2D eigenvalue weighted by Crippen LogP contribution is -2.43. The number of hydrogen-bond donors (Lipinski definition) is 1. The summed E-state index contributed by atoms with van der Waals surface area (Å²) in [4.78, 5) is 32.3. The van der Waals surface area contributed by atoms with E-state index >= 15 is 0 Å². The summed E-state index contributed by atoms with van der Waals surface area (Å²) in [7, 11) is 0. The number of amides is 2. The second-order valence-electron chi connectivity index (χ2n) is 11.0. The van der Waals surface area contributed by atoms with Crippen LogP contribution in [-0.4, -0.2) is 34.8 Å². The van der Waals surface area contributed by atoms with Gasteiger partial charge in [0, 0.05) is 19.0 Å². The van der Waals surface area contributed by atoms with Crippen LogP contribution in [0.1, 0.15) is 84.2 Å². The average molecular weight is 516 g/mol. The number of aryl methyl sites for hydroxylation is 1. The fourth-order valence-electron chi connectivity index (χ4n) is 5.45. The van der Waals surface area contributed by atoms with E-state index in [0.717, 1.165) is 49.8 Å². The van der Waals surface area contributed by atoms with Crippen LogP contribution in [-0.2, 0) is 17.8 Å². The number of benzene rings is 2. The topological polar surface area (TPSA) is 84.7 Å². The summed E-state index contributed by atoms with van der Waals surface area (Å²) in [5.74, 6) is 1.51. The molecule has 0 bridgehead atoms. The summed E-state index contributed by atoms with van der Waals surface area (Å²) < 4.78 is 11.5. The summed E-state index contributed by atoms with van der Waals surface area (Å²) in [6.07, 6.45) is 6.43. The van der Waals surface area contributed by atoms with Crippen LogP contribution in [0.25, 0.3) is 0 Å². The Balaban J connectivity index is 1.36. The van der Waals surface area contributed by atoms with Crippen molar-refractivity contribution >= 4 is 11.8 Å². The lowest BCUT2D eigenvalue weighted by molar-refractivity contribution is -0.137. The second kappa shape index (κ2) is 11.4. The van der Waals surface area contributed by atoms with Crippen LogP contribution in [0.2, 0.25) is 0 Å². The van der Waals surface area contributed by atoms with Gasteiger partial charge < -0.3 is 19.4 Å². The molecular formula is C31H37N3O4. The van der Waals surface area contributed by atoms with E-state index in [1.807, 2.05) is 26.0 Å². The zero-order valence-electron chi connectivity index (χ0n) is 22.5. The van der Waals surface area contributed by atoms with Crippen molar-refractivity contribution in [2.75, 3.05) is 13.1 Å². The summed E-state index contributed by atoms with van der Waals surface area (Å²) in [6, 6.07) is 14.5. The van der Waals surface area contributed by atoms with Crippen molar-refractivity contribution in [2.45, 2.75) is 65.5 Å². The highest BCUT2D eigenvalue weighted by Crippen LogP contribution is 2.39. The molecule has 7 nitrogen and oxygen atoms in total. The molecule has 3 aromatic rings. The number of nitrogens with one attached hydrogen (secondary N) is 1. The lowest BCUT2D eigenvalue weighted by atomic mass is 9.86. The number of hydrogen-bond acceptors (Lipinski definition) is 5. The smallest absolute Gasteiger partial charge is 0.273 e. The van der Waals surface area contributed by atoms with Gasteiger partial charge in [-0.1, -0.05) is 62.6 Å². The SMILES string of the molecule is Cc1ccc([C@@H]2c3cc(OCc4nc(C(=O)NCC(C)C)co4)ccc3CCN2C(=O)C2CCCC2)cc1. The molecule has 1 saturated carbocycles. The number of nitrogens with zero attached hydrogens (tertiary/aromatic N) is 2. The monoisotopic (exact) mass is 515 g/mol. The maximum Gasteiger partial charge on any atom is 0.273 e. The Labute approximate surface area is 224 Å². The van der Waals surface area contributed by atoms with Gasteiger partial charge in [-0.3, -0.25) is 9.59 Å². The van der Waals surface area contributed by atoms with E-state index < -0.39 is 0 Å². The molecule has 200 valence electrons. The molecular weight excluding hydrogens is 478 g/mol. The molecule has 1 fully saturated rings. The number of rotatable bonds is 8. The minimum atomic E-state index is -0.254. The molecule has 38 heavy (non-hydrogen) atoms. The van der Waals surface area contributed by atoms with E-state index in [1.165, 1.54) is 17.4 Å². The molecule has 2 amide bonds. The lowest BCUT2D eigenvalue weighted by Gasteiger charge is -2.39. The van der Waals surface area contributed by atoms with E-state index in [-0.39, 0.29) is 36.1 Å². The molecule has 0 saturated heterocycles. The third kappa shape index (κ3) is 5.77. The first-order chi connectivity index (χ1) is 18.4. The molecule has 1 atom stereocenters. The second-order valence-corrected chi connectivity index (χ2v) is 11.0. The quantitative estimate of drug-likeness (QED) is 0.421. The first kappa shape index (κ1) is 26.0. The highest BCUT2D eigenvalue weighted by atomic mass is 16.5. The molecule has 0 spiro atoms. The molecule has 0 radical (unpaired) electrons. The third-order valence-electron chi connectivity index (χ3n) is 7.54. The highest BCUT2D eigenvalue weighted by molar-refractivity contribution is 5.91. The zero-order chi connectivity index (χ0) is 26.6. The summed E-state index contributed by atoms with van der Waals surface area (Å²) >= 11 is 0. The van der Waals surface area contributed by atoms with Gasteiger partial charge in [0.25, 0.3) is 5.91 Å². The molecule has 1 aliphatic carbocycles. The zero-order valence-corrected chi connectivity index (χ0v) is 22.5. The van der Waals surface area contributed by atoms with Gasteiger partial charge in [0.05, 0.1) is 6.04 Å². The first-order valence-electron chi connectivity index (χ1n) is 13.7. The van der Waals surface area contributed by atoms with Crippen molar-refractivity contribution in [1.29, 1.82) is 0 Å². The van der Waals surface area contributed by atoms with Gasteiger partial charge in [0.1, 0.15) is 12.0 Å². The standard InChI is InChI=1S/C31H37N3O4/c1-20(2)17-32-30(35)27-18-38-28(33-27)19-37-25-13-12-22-14-15-34(31(36)24-6-4-5-7-24)29(26(22)16-25)23-10-8-21(3)9-11-23/h8-13,16,18,20,24,29H,4-7,14-15,17,19H2,1-3H3,(H,32,35)/t29-/m1/s1. The molecule has 5 rings (SSSR count). The van der Waals surface area contributed by atoms with Gasteiger partial charge in [-0.15, -0.1) is 0 Å². The van der Waals surface area contributed by atoms with Gasteiger partial charge in [-0.05, 0) is 60.9 Å². The predicted molar refractivity (Wildman–Crippen MR) is 145 cm³/mol. The fraction of sp³-hybridized carbons (Fsp3) is 0.452. The molecule has 1 aromatic heterocycles. The van der Waals surface area contributed by atoms with Gasteiger partial charge in [0.15, 0.2) is 12.3 Å². The number of carbonyl (C=O) groups is 2. The Bertz CT molecular complexity index is 1270. The van der Waals surface area contributed by atoms with Crippen molar-refractivity contribution in [3.05, 3.63) is 82.6 Å².